The molecule has 0 unspecified atom stereocenters. The molecule has 0 aliphatic heterocycles. The molecule has 0 atom stereocenters. The normalized spacial score (nSPS) is 11.0. The van der Waals surface area contributed by atoms with Gasteiger partial charge in [-0.1, -0.05) is 11.6 Å². The molecule has 2 N–H and O–H groups in total. The van der Waals surface area contributed by atoms with Crippen molar-refractivity contribution in [1.29, 1.82) is 0 Å². The molecule has 25 heavy (non-hydrogen) atoms. The minimum Gasteiger partial charge on any atom is -0.459 e. The molecule has 4 aromatic rings. The monoisotopic (exact) mass is 416 g/mol. The number of fused-ring (bicyclic) bond motifs is 1. The maximum atomic E-state index is 12.3. The molecule has 0 aliphatic rings. The number of rotatable bonds is 3. The van der Waals surface area contributed by atoms with Crippen molar-refractivity contribution in [1.82, 2.24) is 15.0 Å². The van der Waals surface area contributed by atoms with Crippen molar-refractivity contribution >= 4 is 50.3 Å². The van der Waals surface area contributed by atoms with Crippen molar-refractivity contribution in [3.05, 3.63) is 64.1 Å². The van der Waals surface area contributed by atoms with Gasteiger partial charge < -0.3 is 14.7 Å². The van der Waals surface area contributed by atoms with Gasteiger partial charge in [0.2, 0.25) is 0 Å². The van der Waals surface area contributed by atoms with Gasteiger partial charge in [-0.15, -0.1) is 0 Å². The Kier molecular flexibility index (Phi) is 4.03. The maximum absolute atomic E-state index is 12.3. The van der Waals surface area contributed by atoms with Gasteiger partial charge in [0, 0.05) is 21.3 Å². The Morgan fingerprint density at radius 1 is 1.28 bits per heavy atom. The molecule has 0 saturated carbocycles. The number of nitrogens with one attached hydrogen (secondary N) is 2. The van der Waals surface area contributed by atoms with Crippen molar-refractivity contribution in [2.45, 2.75) is 0 Å². The molecule has 6 nitrogen and oxygen atoms in total. The van der Waals surface area contributed by atoms with Gasteiger partial charge >= 0.3 is 0 Å². The van der Waals surface area contributed by atoms with Gasteiger partial charge in [-0.2, -0.15) is 0 Å². The van der Waals surface area contributed by atoms with Gasteiger partial charge in [-0.25, -0.2) is 9.97 Å². The Bertz CT molecular complexity index is 1080. The summed E-state index contributed by atoms with van der Waals surface area (Å²) in [5, 5.41) is 3.34. The van der Waals surface area contributed by atoms with Gasteiger partial charge in [-0.05, 0) is 52.3 Å². The number of nitrogens with zero attached hydrogens (tertiary/aromatic N) is 2. The van der Waals surface area contributed by atoms with Crippen molar-refractivity contribution in [2.75, 3.05) is 5.32 Å². The number of furan rings is 1. The van der Waals surface area contributed by atoms with Gasteiger partial charge in [0.05, 0.1) is 17.5 Å². The lowest BCUT2D eigenvalue weighted by Crippen LogP contribution is -2.11. The van der Waals surface area contributed by atoms with Crippen molar-refractivity contribution in [3.8, 4) is 11.4 Å². The lowest BCUT2D eigenvalue weighted by molar-refractivity contribution is 0.0996. The highest BCUT2D eigenvalue weighted by Crippen LogP contribution is 2.31. The van der Waals surface area contributed by atoms with Crippen LogP contribution in [0.1, 0.15) is 10.6 Å². The zero-order valence-corrected chi connectivity index (χ0v) is 14.9. The molecule has 0 spiro atoms. The van der Waals surface area contributed by atoms with Gasteiger partial charge in [0.15, 0.2) is 11.4 Å². The molecule has 0 aliphatic carbocycles. The van der Waals surface area contributed by atoms with E-state index in [4.69, 9.17) is 16.0 Å². The first-order valence-corrected chi connectivity index (χ1v) is 8.43. The second kappa shape index (κ2) is 6.34. The summed E-state index contributed by atoms with van der Waals surface area (Å²) in [6.07, 6.45) is 3.12. The van der Waals surface area contributed by atoms with E-state index in [1.54, 1.807) is 36.5 Å². The summed E-state index contributed by atoms with van der Waals surface area (Å²) in [6.45, 7) is 0. The predicted octanol–water partition coefficient (Wildman–Crippen LogP) is 4.89. The van der Waals surface area contributed by atoms with Gasteiger partial charge in [-0.3, -0.25) is 4.79 Å². The summed E-state index contributed by atoms with van der Waals surface area (Å²) >= 11 is 9.51. The SMILES string of the molecule is O=C(Nc1ccc(Cl)cc1-c1nc2ncc(Br)cc2[nH]1)c1ccco1. The number of amides is 1. The van der Waals surface area contributed by atoms with Crippen LogP contribution in [-0.2, 0) is 0 Å². The Morgan fingerprint density at radius 3 is 2.96 bits per heavy atom. The van der Waals surface area contributed by atoms with Crippen LogP contribution >= 0.6 is 27.5 Å². The predicted molar refractivity (Wildman–Crippen MR) is 98.7 cm³/mol. The number of hydrogen-bond donors (Lipinski definition) is 2. The van der Waals surface area contributed by atoms with E-state index in [0.29, 0.717) is 27.7 Å². The third-order valence-electron chi connectivity index (χ3n) is 3.53. The average molecular weight is 418 g/mol. The fourth-order valence-electron chi connectivity index (χ4n) is 2.42. The molecule has 0 saturated heterocycles. The van der Waals surface area contributed by atoms with Crippen molar-refractivity contribution in [3.63, 3.8) is 0 Å². The second-order valence-electron chi connectivity index (χ2n) is 5.23. The third-order valence-corrected chi connectivity index (χ3v) is 4.20. The quantitative estimate of drug-likeness (QED) is 0.497. The highest BCUT2D eigenvalue weighted by Gasteiger charge is 2.15. The number of imidazole rings is 1. The molecule has 0 bridgehead atoms. The number of carbonyl (C=O) groups is 1. The molecule has 1 aromatic carbocycles. The number of hydrogen-bond acceptors (Lipinski definition) is 4. The Labute approximate surface area is 155 Å². The number of pyridine rings is 1. The van der Waals surface area contributed by atoms with E-state index in [2.05, 4.69) is 36.2 Å². The number of aromatic nitrogens is 3. The molecule has 1 amide bonds. The number of aromatic amines is 1. The van der Waals surface area contributed by atoms with Crippen LogP contribution in [0.15, 0.2) is 57.7 Å². The fourth-order valence-corrected chi connectivity index (χ4v) is 2.92. The molecule has 8 heteroatoms. The summed E-state index contributed by atoms with van der Waals surface area (Å²) in [4.78, 5) is 24.2. The topological polar surface area (TPSA) is 83.8 Å². The van der Waals surface area contributed by atoms with Crippen LogP contribution in [0.25, 0.3) is 22.6 Å². The lowest BCUT2D eigenvalue weighted by atomic mass is 10.1. The van der Waals surface area contributed by atoms with Crippen LogP contribution in [0.5, 0.6) is 0 Å². The van der Waals surface area contributed by atoms with E-state index < -0.39 is 0 Å². The minimum absolute atomic E-state index is 0.219. The van der Waals surface area contributed by atoms with Crippen LogP contribution in [0, 0.1) is 0 Å². The van der Waals surface area contributed by atoms with E-state index in [9.17, 15) is 4.79 Å². The standard InChI is InChI=1S/C17H10BrClN4O2/c18-9-6-13-16(20-8-9)23-15(21-13)11-7-10(19)3-4-12(11)22-17(24)14-2-1-5-25-14/h1-8H,(H,22,24)(H,20,21,23). The Hall–Kier alpha value is -2.64. The molecule has 4 rings (SSSR count). The Morgan fingerprint density at radius 2 is 2.16 bits per heavy atom. The second-order valence-corrected chi connectivity index (χ2v) is 6.58. The molecule has 0 radical (unpaired) electrons. The Balaban J connectivity index is 1.77. The summed E-state index contributed by atoms with van der Waals surface area (Å²) in [5.41, 5.74) is 2.56. The zero-order chi connectivity index (χ0) is 17.4. The largest absolute Gasteiger partial charge is 0.459 e. The highest BCUT2D eigenvalue weighted by molar-refractivity contribution is 9.10. The number of benzene rings is 1. The summed E-state index contributed by atoms with van der Waals surface area (Å²) < 4.78 is 5.96. The number of halogens is 2. The van der Waals surface area contributed by atoms with Gasteiger partial charge in [0.1, 0.15) is 5.82 Å². The fraction of sp³-hybridized carbons (Fsp3) is 0. The molecule has 3 heterocycles. The van der Waals surface area contributed by atoms with E-state index in [1.807, 2.05) is 6.07 Å². The van der Waals surface area contributed by atoms with Crippen molar-refractivity contribution < 1.29 is 9.21 Å². The number of H-pyrrole nitrogens is 1. The van der Waals surface area contributed by atoms with Crippen LogP contribution < -0.4 is 5.32 Å². The number of carbonyl (C=O) groups excluding carboxylic acids is 1. The molecular weight excluding hydrogens is 408 g/mol. The minimum atomic E-state index is -0.356. The average Bonchev–Trinajstić information content (AvgIpc) is 3.25. The van der Waals surface area contributed by atoms with E-state index in [1.165, 1.54) is 6.26 Å². The first-order chi connectivity index (χ1) is 12.1. The van der Waals surface area contributed by atoms with Crippen LogP contribution in [0.2, 0.25) is 5.02 Å². The molecular formula is C17H10BrClN4O2. The number of anilines is 1. The molecule has 0 fully saturated rings. The third kappa shape index (κ3) is 3.16. The highest BCUT2D eigenvalue weighted by atomic mass is 79.9. The van der Waals surface area contributed by atoms with E-state index >= 15 is 0 Å². The van der Waals surface area contributed by atoms with Crippen LogP contribution in [0.3, 0.4) is 0 Å². The molecule has 124 valence electrons. The van der Waals surface area contributed by atoms with E-state index in [0.717, 1.165) is 9.99 Å². The summed E-state index contributed by atoms with van der Waals surface area (Å²) in [5.74, 6) is 0.416. The summed E-state index contributed by atoms with van der Waals surface area (Å²) in [6, 6.07) is 10.3. The lowest BCUT2D eigenvalue weighted by Gasteiger charge is -2.09. The smallest absolute Gasteiger partial charge is 0.291 e. The zero-order valence-electron chi connectivity index (χ0n) is 12.6. The van der Waals surface area contributed by atoms with E-state index in [-0.39, 0.29) is 11.7 Å². The van der Waals surface area contributed by atoms with Crippen LogP contribution in [-0.4, -0.2) is 20.9 Å². The molecule has 3 aromatic heterocycles. The summed E-state index contributed by atoms with van der Waals surface area (Å²) in [7, 11) is 0. The van der Waals surface area contributed by atoms with Crippen LogP contribution in [0.4, 0.5) is 5.69 Å². The first kappa shape index (κ1) is 15.9. The first-order valence-electron chi connectivity index (χ1n) is 7.26. The van der Waals surface area contributed by atoms with Gasteiger partial charge in [0.25, 0.3) is 5.91 Å². The maximum Gasteiger partial charge on any atom is 0.291 e. The van der Waals surface area contributed by atoms with Crippen molar-refractivity contribution in [2.24, 2.45) is 0 Å².